The summed E-state index contributed by atoms with van der Waals surface area (Å²) in [6.45, 7) is 22.5. The SMILES string of the molecule is CCCCCCCCc1ccc(-c2ccc(CC)cc2)nc1.CCCCCCCCc1ccc(-c2ccc(CCCCCCC)cn2)cc1.CCCCCCCc1ccc(-c2ccc(CC)cc2)nc1.CCCCCCCc1ccc(-c2ccc(CCCCCC)cc2)nc1.CCCCCCCc1ccc(-c2ccc(CCCCCCC)cn2)cc1. The molecule has 5 aromatic heterocycles. The summed E-state index contributed by atoms with van der Waals surface area (Å²) in [5.74, 6) is 0. The van der Waals surface area contributed by atoms with Gasteiger partial charge in [0, 0.05) is 58.8 Å². The summed E-state index contributed by atoms with van der Waals surface area (Å²) in [7, 11) is 0. The first-order valence-corrected chi connectivity index (χ1v) is 49.9. The Bertz CT molecular complexity index is 3970. The van der Waals surface area contributed by atoms with Gasteiger partial charge in [-0.1, -0.05) is 433 Å². The van der Waals surface area contributed by atoms with E-state index in [1.54, 1.807) is 0 Å². The molecule has 0 N–H and O–H groups in total. The van der Waals surface area contributed by atoms with Crippen molar-refractivity contribution in [2.45, 2.75) is 397 Å². The Morgan fingerprint density at radius 3 is 0.413 bits per heavy atom. The van der Waals surface area contributed by atoms with Gasteiger partial charge in [-0.05, 0) is 202 Å². The molecule has 10 rings (SSSR count). The highest BCUT2D eigenvalue weighted by molar-refractivity contribution is 5.63. The lowest BCUT2D eigenvalue weighted by Crippen LogP contribution is -1.91. The van der Waals surface area contributed by atoms with Gasteiger partial charge in [0.25, 0.3) is 0 Å². The third kappa shape index (κ3) is 45.2. The van der Waals surface area contributed by atoms with Crippen molar-refractivity contribution in [1.82, 2.24) is 24.9 Å². The zero-order valence-electron chi connectivity index (χ0n) is 78.5. The number of aryl methyl sites for hydroxylation is 10. The van der Waals surface area contributed by atoms with E-state index in [0.717, 1.165) is 73.4 Å². The lowest BCUT2D eigenvalue weighted by Gasteiger charge is -2.06. The van der Waals surface area contributed by atoms with Crippen LogP contribution in [0, 0.1) is 0 Å². The number of rotatable bonds is 56. The van der Waals surface area contributed by atoms with Gasteiger partial charge in [0.05, 0.1) is 28.5 Å². The molecule has 0 aliphatic heterocycles. The summed E-state index contributed by atoms with van der Waals surface area (Å²) in [4.78, 5) is 23.3. The molecule has 5 nitrogen and oxygen atoms in total. The number of hydrogen-bond acceptors (Lipinski definition) is 5. The minimum atomic E-state index is 1.08. The molecule has 0 aliphatic carbocycles. The van der Waals surface area contributed by atoms with Crippen LogP contribution in [-0.2, 0) is 64.2 Å². The average Bonchev–Trinajstić information content (AvgIpc) is 0.873. The smallest absolute Gasteiger partial charge is 0.0702 e. The quantitative estimate of drug-likeness (QED) is 0.0356. The van der Waals surface area contributed by atoms with E-state index < -0.39 is 0 Å². The maximum absolute atomic E-state index is 4.70. The van der Waals surface area contributed by atoms with Crippen LogP contribution in [-0.4, -0.2) is 24.9 Å². The maximum atomic E-state index is 4.70. The van der Waals surface area contributed by atoms with Crippen LogP contribution in [0.25, 0.3) is 56.3 Å². The van der Waals surface area contributed by atoms with Crippen LogP contribution in [0.3, 0.4) is 0 Å². The summed E-state index contributed by atoms with van der Waals surface area (Å²) < 4.78 is 0. The molecule has 0 bridgehead atoms. The Labute approximate surface area is 741 Å². The number of aromatic nitrogens is 5. The number of nitrogens with zero attached hydrogens (tertiary/aromatic N) is 5. The molecule has 0 atom stereocenters. The summed E-state index contributed by atoms with van der Waals surface area (Å²) in [6.07, 6.45) is 76.9. The zero-order chi connectivity index (χ0) is 85.9. The fourth-order valence-corrected chi connectivity index (χ4v) is 15.7. The molecule has 5 aromatic carbocycles. The molecule has 0 radical (unpaired) electrons. The second-order valence-electron chi connectivity index (χ2n) is 34.6. The van der Waals surface area contributed by atoms with Gasteiger partial charge in [0.2, 0.25) is 0 Å². The predicted octanol–water partition coefficient (Wildman–Crippen LogP) is 35.4. The van der Waals surface area contributed by atoms with E-state index in [1.165, 1.54) is 366 Å². The lowest BCUT2D eigenvalue weighted by atomic mass is 10.0. The van der Waals surface area contributed by atoms with Gasteiger partial charge >= 0.3 is 0 Å². The second-order valence-corrected chi connectivity index (χ2v) is 34.6. The molecule has 0 fully saturated rings. The Kier molecular flexibility index (Phi) is 56.6. The van der Waals surface area contributed by atoms with Crippen LogP contribution < -0.4 is 0 Å². The molecular formula is C116H167N5. The van der Waals surface area contributed by atoms with Crippen LogP contribution in [0.15, 0.2) is 213 Å². The van der Waals surface area contributed by atoms with E-state index in [4.69, 9.17) is 4.98 Å². The Morgan fingerprint density at radius 1 is 0.132 bits per heavy atom. The summed E-state index contributed by atoms with van der Waals surface area (Å²) in [6, 6.07) is 66.6. The molecule has 10 aromatic rings. The molecule has 0 saturated carbocycles. The minimum absolute atomic E-state index is 1.08. The van der Waals surface area contributed by atoms with Gasteiger partial charge in [-0.15, -0.1) is 0 Å². The Morgan fingerprint density at radius 2 is 0.264 bits per heavy atom. The summed E-state index contributed by atoms with van der Waals surface area (Å²) in [5.41, 5.74) is 25.5. The molecule has 5 heteroatoms. The molecule has 656 valence electrons. The number of benzene rings is 5. The largest absolute Gasteiger partial charge is 0.256 e. The monoisotopic (exact) mass is 1630 g/mol. The fourth-order valence-electron chi connectivity index (χ4n) is 15.7. The van der Waals surface area contributed by atoms with E-state index in [9.17, 15) is 0 Å². The number of hydrogen-bond donors (Lipinski definition) is 0. The van der Waals surface area contributed by atoms with Crippen molar-refractivity contribution in [2.24, 2.45) is 0 Å². The van der Waals surface area contributed by atoms with Crippen molar-refractivity contribution in [3.63, 3.8) is 0 Å². The third-order valence-electron chi connectivity index (χ3n) is 24.0. The van der Waals surface area contributed by atoms with Crippen molar-refractivity contribution in [2.75, 3.05) is 0 Å². The topological polar surface area (TPSA) is 64.5 Å². The van der Waals surface area contributed by atoms with Crippen LogP contribution >= 0.6 is 0 Å². The van der Waals surface area contributed by atoms with Crippen molar-refractivity contribution in [3.05, 3.63) is 269 Å². The van der Waals surface area contributed by atoms with E-state index in [1.807, 2.05) is 6.20 Å². The summed E-state index contributed by atoms with van der Waals surface area (Å²) >= 11 is 0. The van der Waals surface area contributed by atoms with E-state index in [2.05, 4.69) is 296 Å². The van der Waals surface area contributed by atoms with Gasteiger partial charge < -0.3 is 0 Å². The first-order valence-electron chi connectivity index (χ1n) is 49.9. The third-order valence-corrected chi connectivity index (χ3v) is 24.0. The molecular weight excluding hydrogens is 1460 g/mol. The van der Waals surface area contributed by atoms with E-state index in [0.29, 0.717) is 0 Å². The number of pyridine rings is 5. The summed E-state index contributed by atoms with van der Waals surface area (Å²) in [5, 5.41) is 0. The van der Waals surface area contributed by atoms with Crippen molar-refractivity contribution >= 4 is 0 Å². The van der Waals surface area contributed by atoms with Gasteiger partial charge in [-0.25, -0.2) is 0 Å². The lowest BCUT2D eigenvalue weighted by molar-refractivity contribution is 0.607. The van der Waals surface area contributed by atoms with Crippen molar-refractivity contribution in [3.8, 4) is 56.3 Å². The molecule has 0 amide bonds. The highest BCUT2D eigenvalue weighted by Crippen LogP contribution is 2.27. The standard InChI is InChI=1S/C26H39N.C25H37N.C24H35N.C21H29N.C20H27N/c1-3-5-7-9-11-12-14-23-16-19-25(20-17-23)26-21-18-24(22-27-26)15-13-10-8-6-4-2;1-3-5-7-9-11-13-22-15-18-24(19-16-22)25-20-17-23(21-26-25)14-12-10-8-6-4-2;1-3-5-7-9-11-13-22-16-19-24(25-20-22)23-17-14-21(15-18-23)12-10-8-6-4-2;1-3-5-6-7-8-9-10-19-13-16-21(22-17-19)20-14-11-18(4-2)12-15-20;1-3-5-6-7-8-9-18-12-15-20(21-16-18)19-13-10-17(4-2)11-14-19/h16-22H,3-15H2,1-2H3;15-21H,3-14H2,1-2H3;14-20H,3-13H2,1-2H3;11-17H,3-10H2,1-2H3;10-16H,3-9H2,1-2H3. The molecule has 0 unspecified atom stereocenters. The van der Waals surface area contributed by atoms with E-state index in [-0.39, 0.29) is 0 Å². The first kappa shape index (κ1) is 102. The van der Waals surface area contributed by atoms with E-state index >= 15 is 0 Å². The van der Waals surface area contributed by atoms with Crippen LogP contribution in [0.1, 0.15) is 388 Å². The highest BCUT2D eigenvalue weighted by atomic mass is 14.7. The minimum Gasteiger partial charge on any atom is -0.256 e. The maximum Gasteiger partial charge on any atom is 0.0702 e. The van der Waals surface area contributed by atoms with Crippen LogP contribution in [0.5, 0.6) is 0 Å². The van der Waals surface area contributed by atoms with Gasteiger partial charge in [-0.3, -0.25) is 24.9 Å². The number of unbranched alkanes of at least 4 members (excludes halogenated alkanes) is 33. The molecule has 121 heavy (non-hydrogen) atoms. The van der Waals surface area contributed by atoms with Crippen LogP contribution in [0.2, 0.25) is 0 Å². The first-order chi connectivity index (χ1) is 59.7. The van der Waals surface area contributed by atoms with Gasteiger partial charge in [0.15, 0.2) is 0 Å². The highest BCUT2D eigenvalue weighted by Gasteiger charge is 2.09. The predicted molar refractivity (Wildman–Crippen MR) is 531 cm³/mol. The molecule has 0 saturated heterocycles. The molecule has 5 heterocycles. The molecule has 0 spiro atoms. The molecule has 0 aliphatic rings. The zero-order valence-corrected chi connectivity index (χ0v) is 78.5. The van der Waals surface area contributed by atoms with Crippen molar-refractivity contribution < 1.29 is 0 Å². The average molecular weight is 1630 g/mol. The van der Waals surface area contributed by atoms with Crippen LogP contribution in [0.4, 0.5) is 0 Å². The Balaban J connectivity index is 0.000000235. The van der Waals surface area contributed by atoms with Gasteiger partial charge in [0.1, 0.15) is 0 Å². The van der Waals surface area contributed by atoms with Gasteiger partial charge in [-0.2, -0.15) is 0 Å². The normalized spacial score (nSPS) is 10.9. The second kappa shape index (κ2) is 67.4. The Hall–Kier alpha value is -8.15. The fraction of sp³-hybridized carbons (Fsp3) is 0.526. The van der Waals surface area contributed by atoms with Crippen molar-refractivity contribution in [1.29, 1.82) is 0 Å².